The SMILES string of the molecule is NC(=S)N1CCCC(N2CCCC2)C1. The van der Waals surface area contributed by atoms with Crippen molar-refractivity contribution in [2.75, 3.05) is 26.2 Å². The molecule has 2 aliphatic heterocycles. The van der Waals surface area contributed by atoms with E-state index in [1.54, 1.807) is 0 Å². The first kappa shape index (κ1) is 10.2. The van der Waals surface area contributed by atoms with Crippen LogP contribution in [0.3, 0.4) is 0 Å². The van der Waals surface area contributed by atoms with Gasteiger partial charge in [-0.1, -0.05) is 0 Å². The fourth-order valence-electron chi connectivity index (χ4n) is 2.56. The van der Waals surface area contributed by atoms with Gasteiger partial charge in [-0.2, -0.15) is 0 Å². The van der Waals surface area contributed by atoms with E-state index in [0.717, 1.165) is 13.1 Å². The lowest BCUT2D eigenvalue weighted by atomic mass is 10.1. The van der Waals surface area contributed by atoms with Crippen LogP contribution in [0.1, 0.15) is 25.7 Å². The number of rotatable bonds is 1. The van der Waals surface area contributed by atoms with Crippen LogP contribution in [0.5, 0.6) is 0 Å². The summed E-state index contributed by atoms with van der Waals surface area (Å²) >= 11 is 5.03. The summed E-state index contributed by atoms with van der Waals surface area (Å²) in [6.45, 7) is 4.65. The summed E-state index contributed by atoms with van der Waals surface area (Å²) in [5, 5.41) is 0.578. The number of hydrogen-bond acceptors (Lipinski definition) is 2. The van der Waals surface area contributed by atoms with E-state index in [0.29, 0.717) is 11.2 Å². The van der Waals surface area contributed by atoms with E-state index in [-0.39, 0.29) is 0 Å². The van der Waals surface area contributed by atoms with Gasteiger partial charge in [0, 0.05) is 19.1 Å². The molecule has 0 bridgehead atoms. The Kier molecular flexibility index (Phi) is 3.23. The first-order chi connectivity index (χ1) is 6.77. The Morgan fingerprint density at radius 3 is 2.50 bits per heavy atom. The molecule has 80 valence electrons. The Labute approximate surface area is 91.2 Å². The maximum atomic E-state index is 5.67. The van der Waals surface area contributed by atoms with Gasteiger partial charge in [-0.15, -0.1) is 0 Å². The molecule has 0 saturated carbocycles. The van der Waals surface area contributed by atoms with Crippen LogP contribution < -0.4 is 5.73 Å². The highest BCUT2D eigenvalue weighted by molar-refractivity contribution is 7.80. The van der Waals surface area contributed by atoms with Crippen LogP contribution in [-0.2, 0) is 0 Å². The molecule has 4 heteroatoms. The topological polar surface area (TPSA) is 32.5 Å². The van der Waals surface area contributed by atoms with Gasteiger partial charge in [-0.3, -0.25) is 4.90 Å². The smallest absolute Gasteiger partial charge is 0.166 e. The third-order valence-electron chi connectivity index (χ3n) is 3.37. The zero-order valence-corrected chi connectivity index (χ0v) is 9.43. The zero-order valence-electron chi connectivity index (χ0n) is 8.61. The predicted molar refractivity (Wildman–Crippen MR) is 62.2 cm³/mol. The van der Waals surface area contributed by atoms with Crippen LogP contribution in [0, 0.1) is 0 Å². The molecule has 0 spiro atoms. The molecular weight excluding hydrogens is 194 g/mol. The lowest BCUT2D eigenvalue weighted by Gasteiger charge is -2.37. The van der Waals surface area contributed by atoms with E-state index >= 15 is 0 Å². The van der Waals surface area contributed by atoms with Crippen molar-refractivity contribution < 1.29 is 0 Å². The normalized spacial score (nSPS) is 29.4. The fraction of sp³-hybridized carbons (Fsp3) is 0.900. The van der Waals surface area contributed by atoms with E-state index in [2.05, 4.69) is 9.80 Å². The van der Waals surface area contributed by atoms with Crippen LogP contribution in [0.15, 0.2) is 0 Å². The van der Waals surface area contributed by atoms with Crippen molar-refractivity contribution in [2.24, 2.45) is 5.73 Å². The Balaban J connectivity index is 1.89. The quantitative estimate of drug-likeness (QED) is 0.653. The van der Waals surface area contributed by atoms with Gasteiger partial charge in [0.15, 0.2) is 5.11 Å². The molecule has 2 saturated heterocycles. The average Bonchev–Trinajstić information content (AvgIpc) is 2.71. The molecule has 0 aromatic carbocycles. The van der Waals surface area contributed by atoms with E-state index in [9.17, 15) is 0 Å². The monoisotopic (exact) mass is 213 g/mol. The van der Waals surface area contributed by atoms with Gasteiger partial charge in [0.1, 0.15) is 0 Å². The first-order valence-electron chi connectivity index (χ1n) is 5.56. The summed E-state index contributed by atoms with van der Waals surface area (Å²) < 4.78 is 0. The molecule has 0 amide bonds. The molecule has 0 aliphatic carbocycles. The van der Waals surface area contributed by atoms with E-state index in [4.69, 9.17) is 18.0 Å². The van der Waals surface area contributed by atoms with Crippen molar-refractivity contribution in [1.82, 2.24) is 9.80 Å². The zero-order chi connectivity index (χ0) is 9.97. The second kappa shape index (κ2) is 4.45. The molecule has 0 radical (unpaired) electrons. The Hall–Kier alpha value is -0.350. The van der Waals surface area contributed by atoms with Crippen molar-refractivity contribution >= 4 is 17.3 Å². The van der Waals surface area contributed by atoms with Gasteiger partial charge in [0.05, 0.1) is 0 Å². The third-order valence-corrected chi connectivity index (χ3v) is 3.62. The molecule has 2 aliphatic rings. The molecule has 1 atom stereocenters. The van der Waals surface area contributed by atoms with Crippen molar-refractivity contribution in [3.63, 3.8) is 0 Å². The summed E-state index contributed by atoms with van der Waals surface area (Å²) in [5.74, 6) is 0. The highest BCUT2D eigenvalue weighted by Crippen LogP contribution is 2.20. The van der Waals surface area contributed by atoms with E-state index in [1.165, 1.54) is 38.8 Å². The van der Waals surface area contributed by atoms with Crippen LogP contribution in [0.25, 0.3) is 0 Å². The predicted octanol–water partition coefficient (Wildman–Crippen LogP) is 0.790. The Bertz CT molecular complexity index is 213. The minimum Gasteiger partial charge on any atom is -0.376 e. The maximum absolute atomic E-state index is 5.67. The van der Waals surface area contributed by atoms with Gasteiger partial charge in [-0.05, 0) is 51.0 Å². The van der Waals surface area contributed by atoms with Gasteiger partial charge in [0.25, 0.3) is 0 Å². The standard InChI is InChI=1S/C10H19N3S/c11-10(14)13-7-3-4-9(8-13)12-5-1-2-6-12/h9H,1-8H2,(H2,11,14). The molecule has 0 aromatic rings. The van der Waals surface area contributed by atoms with Gasteiger partial charge in [-0.25, -0.2) is 0 Å². The molecule has 1 unspecified atom stereocenters. The Morgan fingerprint density at radius 1 is 1.14 bits per heavy atom. The molecule has 2 heterocycles. The number of likely N-dealkylation sites (tertiary alicyclic amines) is 2. The fourth-order valence-corrected chi connectivity index (χ4v) is 2.73. The number of nitrogens with zero attached hydrogens (tertiary/aromatic N) is 2. The first-order valence-corrected chi connectivity index (χ1v) is 5.96. The summed E-state index contributed by atoms with van der Waals surface area (Å²) in [7, 11) is 0. The summed E-state index contributed by atoms with van der Waals surface area (Å²) in [4.78, 5) is 4.76. The van der Waals surface area contributed by atoms with Crippen molar-refractivity contribution in [1.29, 1.82) is 0 Å². The van der Waals surface area contributed by atoms with E-state index in [1.807, 2.05) is 0 Å². The second-order valence-corrected chi connectivity index (χ2v) is 4.74. The van der Waals surface area contributed by atoms with Gasteiger partial charge >= 0.3 is 0 Å². The van der Waals surface area contributed by atoms with Crippen molar-refractivity contribution in [3.05, 3.63) is 0 Å². The molecule has 14 heavy (non-hydrogen) atoms. The molecule has 3 nitrogen and oxygen atoms in total. The summed E-state index contributed by atoms with van der Waals surface area (Å²) in [6.07, 6.45) is 5.28. The largest absolute Gasteiger partial charge is 0.376 e. The molecule has 2 rings (SSSR count). The molecular formula is C10H19N3S. The minimum atomic E-state index is 0.578. The highest BCUT2D eigenvalue weighted by Gasteiger charge is 2.27. The second-order valence-electron chi connectivity index (χ2n) is 4.32. The van der Waals surface area contributed by atoms with Crippen LogP contribution in [0.2, 0.25) is 0 Å². The molecule has 0 aromatic heterocycles. The highest BCUT2D eigenvalue weighted by atomic mass is 32.1. The van der Waals surface area contributed by atoms with Crippen LogP contribution in [-0.4, -0.2) is 47.1 Å². The van der Waals surface area contributed by atoms with Crippen LogP contribution in [0.4, 0.5) is 0 Å². The lowest BCUT2D eigenvalue weighted by Crippen LogP contribution is -2.50. The number of hydrogen-bond donors (Lipinski definition) is 1. The number of nitrogens with two attached hydrogens (primary N) is 1. The van der Waals surface area contributed by atoms with Gasteiger partial charge in [0.2, 0.25) is 0 Å². The summed E-state index contributed by atoms with van der Waals surface area (Å²) in [5.41, 5.74) is 5.67. The number of thiocarbonyl (C=S) groups is 1. The maximum Gasteiger partial charge on any atom is 0.166 e. The molecule has 2 fully saturated rings. The summed E-state index contributed by atoms with van der Waals surface area (Å²) in [6, 6.07) is 0.702. The number of piperidine rings is 1. The average molecular weight is 213 g/mol. The van der Waals surface area contributed by atoms with Crippen molar-refractivity contribution in [2.45, 2.75) is 31.7 Å². The molecule has 2 N–H and O–H groups in total. The van der Waals surface area contributed by atoms with Gasteiger partial charge < -0.3 is 10.6 Å². The van der Waals surface area contributed by atoms with Crippen molar-refractivity contribution in [3.8, 4) is 0 Å². The van der Waals surface area contributed by atoms with E-state index < -0.39 is 0 Å². The Morgan fingerprint density at radius 2 is 1.86 bits per heavy atom. The lowest BCUT2D eigenvalue weighted by molar-refractivity contribution is 0.157. The third kappa shape index (κ3) is 2.17. The minimum absolute atomic E-state index is 0.578. The van der Waals surface area contributed by atoms with Crippen LogP contribution >= 0.6 is 12.2 Å².